The zero-order chi connectivity index (χ0) is 11.7. The van der Waals surface area contributed by atoms with Gasteiger partial charge in [0.1, 0.15) is 23.4 Å². The predicted molar refractivity (Wildman–Crippen MR) is 50.9 cm³/mol. The van der Waals surface area contributed by atoms with Crippen molar-refractivity contribution in [2.45, 2.75) is 30.5 Å². The Balaban J connectivity index is 2.07. The highest BCUT2D eigenvalue weighted by atomic mass is 32.2. The second-order valence-electron chi connectivity index (χ2n) is 4.49. The molecule has 6 nitrogen and oxygen atoms in total. The lowest BCUT2D eigenvalue weighted by Crippen LogP contribution is -2.44. The number of esters is 1. The highest BCUT2D eigenvalue weighted by Gasteiger charge is 2.71. The Morgan fingerprint density at radius 3 is 2.56 bits per heavy atom. The Kier molecular flexibility index (Phi) is 1.94. The van der Waals surface area contributed by atoms with Crippen molar-refractivity contribution in [2.24, 2.45) is 11.8 Å². The maximum Gasteiger partial charge on any atom is 0.312 e. The van der Waals surface area contributed by atoms with Gasteiger partial charge in [-0.15, -0.1) is 0 Å². The van der Waals surface area contributed by atoms with E-state index in [2.05, 4.69) is 4.74 Å². The normalized spacial score (nSPS) is 51.9. The summed E-state index contributed by atoms with van der Waals surface area (Å²) in [6, 6.07) is 0. The SMILES string of the molecule is COC(=O)C1C2OC3C(OS(=O)(=O)C31)C2C. The highest BCUT2D eigenvalue weighted by molar-refractivity contribution is 7.87. The molecule has 0 aromatic carbocycles. The van der Waals surface area contributed by atoms with Gasteiger partial charge in [-0.25, -0.2) is 0 Å². The van der Waals surface area contributed by atoms with Crippen molar-refractivity contribution in [2.75, 3.05) is 7.11 Å². The zero-order valence-corrected chi connectivity index (χ0v) is 9.64. The minimum atomic E-state index is -3.69. The summed E-state index contributed by atoms with van der Waals surface area (Å²) < 4.78 is 38.7. The molecule has 0 aliphatic carbocycles. The quantitative estimate of drug-likeness (QED) is 0.450. The van der Waals surface area contributed by atoms with E-state index in [1.54, 1.807) is 0 Å². The van der Waals surface area contributed by atoms with Gasteiger partial charge in [-0.2, -0.15) is 8.42 Å². The number of ether oxygens (including phenoxy) is 2. The molecule has 0 amide bonds. The fraction of sp³-hybridized carbons (Fsp3) is 0.889. The molecule has 0 aromatic rings. The monoisotopic (exact) mass is 248 g/mol. The van der Waals surface area contributed by atoms with Gasteiger partial charge in [0.25, 0.3) is 10.1 Å². The average molecular weight is 248 g/mol. The standard InChI is InChI=1S/C9H12O6S/c1-3-5-4(9(10)13-2)8-7(14-5)6(3)15-16(8,11)12/h3-8H,1-2H3. The van der Waals surface area contributed by atoms with E-state index in [9.17, 15) is 13.2 Å². The number of carbonyl (C=O) groups is 1. The molecule has 0 saturated carbocycles. The summed E-state index contributed by atoms with van der Waals surface area (Å²) in [7, 11) is -2.45. The summed E-state index contributed by atoms with van der Waals surface area (Å²) >= 11 is 0. The van der Waals surface area contributed by atoms with Gasteiger partial charge in [0.05, 0.1) is 13.2 Å². The Bertz CT molecular complexity index is 443. The van der Waals surface area contributed by atoms with Crippen LogP contribution in [0, 0.1) is 11.8 Å². The maximum atomic E-state index is 11.7. The first kappa shape index (κ1) is 10.5. The summed E-state index contributed by atoms with van der Waals surface area (Å²) in [6.07, 6.45) is -1.33. The number of hydrogen-bond donors (Lipinski definition) is 0. The topological polar surface area (TPSA) is 78.9 Å². The van der Waals surface area contributed by atoms with Gasteiger partial charge in [0.15, 0.2) is 0 Å². The van der Waals surface area contributed by atoms with Gasteiger partial charge in [-0.1, -0.05) is 6.92 Å². The van der Waals surface area contributed by atoms with Crippen LogP contribution in [0.25, 0.3) is 0 Å². The fourth-order valence-electron chi connectivity index (χ4n) is 3.05. The van der Waals surface area contributed by atoms with E-state index in [-0.39, 0.29) is 5.92 Å². The third-order valence-corrected chi connectivity index (χ3v) is 5.48. The van der Waals surface area contributed by atoms with Crippen LogP contribution in [0.2, 0.25) is 0 Å². The van der Waals surface area contributed by atoms with Gasteiger partial charge >= 0.3 is 5.97 Å². The summed E-state index contributed by atoms with van der Waals surface area (Å²) in [5.74, 6) is -1.37. The molecule has 0 N–H and O–H groups in total. The number of methoxy groups -OCH3 is 1. The first-order chi connectivity index (χ1) is 7.47. The van der Waals surface area contributed by atoms with Crippen LogP contribution < -0.4 is 0 Å². The summed E-state index contributed by atoms with van der Waals surface area (Å²) in [5, 5.41) is -0.883. The van der Waals surface area contributed by atoms with Crippen molar-refractivity contribution in [3.63, 3.8) is 0 Å². The summed E-state index contributed by atoms with van der Waals surface area (Å²) in [5.41, 5.74) is 0. The molecule has 6 unspecified atom stereocenters. The van der Waals surface area contributed by atoms with Crippen LogP contribution in [0.15, 0.2) is 0 Å². The van der Waals surface area contributed by atoms with Crippen molar-refractivity contribution in [1.82, 2.24) is 0 Å². The van der Waals surface area contributed by atoms with E-state index in [0.29, 0.717) is 0 Å². The minimum Gasteiger partial charge on any atom is -0.469 e. The van der Waals surface area contributed by atoms with Crippen molar-refractivity contribution < 1.29 is 26.9 Å². The number of hydrogen-bond acceptors (Lipinski definition) is 6. The Morgan fingerprint density at radius 1 is 1.25 bits per heavy atom. The van der Waals surface area contributed by atoms with E-state index in [4.69, 9.17) is 8.92 Å². The molecule has 3 aliphatic heterocycles. The van der Waals surface area contributed by atoms with Crippen LogP contribution in [0.3, 0.4) is 0 Å². The Hall–Kier alpha value is -0.660. The second-order valence-corrected chi connectivity index (χ2v) is 6.21. The molecule has 16 heavy (non-hydrogen) atoms. The number of carbonyl (C=O) groups excluding carboxylic acids is 1. The van der Waals surface area contributed by atoms with Gasteiger partial charge in [0.2, 0.25) is 0 Å². The van der Waals surface area contributed by atoms with Crippen molar-refractivity contribution in [3.8, 4) is 0 Å². The van der Waals surface area contributed by atoms with Crippen LogP contribution in [0.1, 0.15) is 6.92 Å². The summed E-state index contributed by atoms with van der Waals surface area (Å²) in [6.45, 7) is 1.84. The average Bonchev–Trinajstić information content (AvgIpc) is 2.80. The molecule has 3 rings (SSSR count). The lowest BCUT2D eigenvalue weighted by Gasteiger charge is -2.23. The van der Waals surface area contributed by atoms with Crippen LogP contribution in [-0.4, -0.2) is 45.1 Å². The zero-order valence-electron chi connectivity index (χ0n) is 8.82. The van der Waals surface area contributed by atoms with Crippen LogP contribution in [0.4, 0.5) is 0 Å². The molecule has 0 aromatic heterocycles. The van der Waals surface area contributed by atoms with E-state index in [1.165, 1.54) is 7.11 Å². The first-order valence-electron chi connectivity index (χ1n) is 5.13. The molecular weight excluding hydrogens is 236 g/mol. The molecule has 6 atom stereocenters. The Morgan fingerprint density at radius 2 is 1.94 bits per heavy atom. The van der Waals surface area contributed by atoms with Gasteiger partial charge in [-0.3, -0.25) is 8.98 Å². The van der Waals surface area contributed by atoms with Crippen LogP contribution in [-0.2, 0) is 28.6 Å². The van der Waals surface area contributed by atoms with E-state index in [0.717, 1.165) is 0 Å². The predicted octanol–water partition coefficient (Wildman–Crippen LogP) is -0.710. The Labute approximate surface area is 93.0 Å². The first-order valence-corrected chi connectivity index (χ1v) is 6.60. The van der Waals surface area contributed by atoms with Crippen LogP contribution >= 0.6 is 0 Å². The largest absolute Gasteiger partial charge is 0.469 e. The molecule has 3 fully saturated rings. The molecule has 3 saturated heterocycles. The van der Waals surface area contributed by atoms with Gasteiger partial charge < -0.3 is 9.47 Å². The molecule has 3 heterocycles. The number of fused-ring (bicyclic) bond motifs is 1. The van der Waals surface area contributed by atoms with Gasteiger partial charge in [0, 0.05) is 5.92 Å². The molecule has 7 heteroatoms. The molecule has 3 aliphatic rings. The molecule has 2 bridgehead atoms. The molecule has 0 spiro atoms. The molecule has 90 valence electrons. The van der Waals surface area contributed by atoms with Crippen molar-refractivity contribution >= 4 is 16.1 Å². The van der Waals surface area contributed by atoms with Crippen molar-refractivity contribution in [1.29, 1.82) is 0 Å². The molecule has 0 radical (unpaired) electrons. The summed E-state index contributed by atoms with van der Waals surface area (Å²) in [4.78, 5) is 11.6. The van der Waals surface area contributed by atoms with E-state index < -0.39 is 45.6 Å². The van der Waals surface area contributed by atoms with E-state index in [1.807, 2.05) is 6.92 Å². The number of rotatable bonds is 1. The lowest BCUT2D eigenvalue weighted by atomic mass is 9.80. The fourth-order valence-corrected chi connectivity index (χ4v) is 4.94. The maximum absolute atomic E-state index is 11.7. The lowest BCUT2D eigenvalue weighted by molar-refractivity contribution is -0.147. The van der Waals surface area contributed by atoms with Gasteiger partial charge in [-0.05, 0) is 0 Å². The highest BCUT2D eigenvalue weighted by Crippen LogP contribution is 2.52. The smallest absolute Gasteiger partial charge is 0.312 e. The third-order valence-electron chi connectivity index (χ3n) is 3.76. The third kappa shape index (κ3) is 1.03. The second kappa shape index (κ2) is 2.96. The van der Waals surface area contributed by atoms with Crippen molar-refractivity contribution in [3.05, 3.63) is 0 Å². The van der Waals surface area contributed by atoms with Crippen LogP contribution in [0.5, 0.6) is 0 Å². The van der Waals surface area contributed by atoms with E-state index >= 15 is 0 Å². The minimum absolute atomic E-state index is 0.0948. The molecular formula is C9H12O6S.